The average Bonchev–Trinajstić information content (AvgIpc) is 3.39. The lowest BCUT2D eigenvalue weighted by Crippen LogP contribution is -2.13. The van der Waals surface area contributed by atoms with Gasteiger partial charge in [0.1, 0.15) is 0 Å². The van der Waals surface area contributed by atoms with Gasteiger partial charge in [-0.25, -0.2) is 0 Å². The number of H-pyrrole nitrogens is 1. The number of aromatic amines is 1. The van der Waals surface area contributed by atoms with E-state index in [1.807, 2.05) is 0 Å². The lowest BCUT2D eigenvalue weighted by atomic mass is 10.1. The Morgan fingerprint density at radius 2 is 0.795 bits per heavy atom. The summed E-state index contributed by atoms with van der Waals surface area (Å²) in [5.74, 6) is 0. The molecule has 0 spiro atoms. The molecule has 0 unspecified atom stereocenters. The van der Waals surface area contributed by atoms with Crippen molar-refractivity contribution >= 4 is 55.9 Å². The highest BCUT2D eigenvalue weighted by Crippen LogP contribution is 2.45. The summed E-state index contributed by atoms with van der Waals surface area (Å²) >= 11 is 0. The Morgan fingerprint density at radius 1 is 0.359 bits per heavy atom. The molecule has 0 aliphatic carbocycles. The first-order chi connectivity index (χ1) is 19.4. The normalized spacial score (nSPS) is 11.1. The molecule has 0 aliphatic heterocycles. The molecule has 7 aromatic rings. The van der Waals surface area contributed by atoms with Gasteiger partial charge in [0.25, 0.3) is 0 Å². The molecule has 0 radical (unpaired) electrons. The van der Waals surface area contributed by atoms with Crippen LogP contribution in [0, 0.1) is 0 Å². The molecule has 0 atom stereocenters. The first-order valence-corrected chi connectivity index (χ1v) is 13.2. The SMILES string of the molecule is c1ccc(N(c2ccccc2)c2cc(N(c3ccccc3)c3ccccc3)c3[nH]c4ccccc4c3c2)cc1. The highest BCUT2D eigenvalue weighted by Gasteiger charge is 2.21. The zero-order valence-corrected chi connectivity index (χ0v) is 21.4. The molecule has 6 aromatic carbocycles. The van der Waals surface area contributed by atoms with Crippen molar-refractivity contribution in [1.82, 2.24) is 4.98 Å². The van der Waals surface area contributed by atoms with E-state index < -0.39 is 0 Å². The first kappa shape index (κ1) is 22.9. The summed E-state index contributed by atoms with van der Waals surface area (Å²) in [7, 11) is 0. The van der Waals surface area contributed by atoms with Crippen molar-refractivity contribution in [3.63, 3.8) is 0 Å². The number of aromatic nitrogens is 1. The number of rotatable bonds is 6. The summed E-state index contributed by atoms with van der Waals surface area (Å²) in [6, 6.07) is 55.5. The molecule has 0 saturated carbocycles. The van der Waals surface area contributed by atoms with Crippen LogP contribution in [0.1, 0.15) is 0 Å². The van der Waals surface area contributed by atoms with Crippen molar-refractivity contribution in [2.24, 2.45) is 0 Å². The van der Waals surface area contributed by atoms with E-state index in [1.54, 1.807) is 0 Å². The third kappa shape index (κ3) is 4.20. The molecule has 0 saturated heterocycles. The summed E-state index contributed by atoms with van der Waals surface area (Å²) in [4.78, 5) is 8.43. The monoisotopic (exact) mass is 501 g/mol. The highest BCUT2D eigenvalue weighted by atomic mass is 15.2. The van der Waals surface area contributed by atoms with E-state index in [-0.39, 0.29) is 0 Å². The lowest BCUT2D eigenvalue weighted by Gasteiger charge is -2.30. The Hall–Kier alpha value is -5.28. The first-order valence-electron chi connectivity index (χ1n) is 13.2. The Kier molecular flexibility index (Phi) is 5.80. The fraction of sp³-hybridized carbons (Fsp3) is 0. The van der Waals surface area contributed by atoms with Crippen LogP contribution >= 0.6 is 0 Å². The van der Waals surface area contributed by atoms with Crippen LogP contribution < -0.4 is 9.80 Å². The number of anilines is 6. The topological polar surface area (TPSA) is 22.3 Å². The lowest BCUT2D eigenvalue weighted by molar-refractivity contribution is 1.26. The molecular weight excluding hydrogens is 474 g/mol. The van der Waals surface area contributed by atoms with E-state index in [0.29, 0.717) is 0 Å². The van der Waals surface area contributed by atoms with Gasteiger partial charge in [-0.2, -0.15) is 0 Å². The number of benzene rings is 6. The van der Waals surface area contributed by atoms with Gasteiger partial charge in [-0.05, 0) is 66.7 Å². The van der Waals surface area contributed by atoms with Crippen molar-refractivity contribution in [1.29, 1.82) is 0 Å². The molecule has 0 aliphatic rings. The van der Waals surface area contributed by atoms with Gasteiger partial charge < -0.3 is 14.8 Å². The number of fused-ring (bicyclic) bond motifs is 3. The highest BCUT2D eigenvalue weighted by molar-refractivity contribution is 6.14. The molecule has 0 fully saturated rings. The van der Waals surface area contributed by atoms with Crippen LogP contribution in [0.15, 0.2) is 158 Å². The van der Waals surface area contributed by atoms with Gasteiger partial charge in [0, 0.05) is 44.7 Å². The number of para-hydroxylation sites is 5. The smallest absolute Gasteiger partial charge is 0.0724 e. The maximum absolute atomic E-state index is 3.75. The van der Waals surface area contributed by atoms with Crippen LogP contribution in [0.3, 0.4) is 0 Å². The quantitative estimate of drug-likeness (QED) is 0.245. The zero-order chi connectivity index (χ0) is 26.0. The number of hydrogen-bond acceptors (Lipinski definition) is 2. The van der Waals surface area contributed by atoms with Gasteiger partial charge in [0.15, 0.2) is 0 Å². The molecule has 0 amide bonds. The van der Waals surface area contributed by atoms with Crippen LogP contribution in [0.25, 0.3) is 21.8 Å². The second-order valence-electron chi connectivity index (χ2n) is 9.57. The fourth-order valence-corrected chi connectivity index (χ4v) is 5.41. The third-order valence-electron chi connectivity index (χ3n) is 7.14. The van der Waals surface area contributed by atoms with E-state index in [4.69, 9.17) is 0 Å². The molecular formula is C36H27N3. The standard InChI is InChI=1S/C36H27N3/c1-5-15-27(16-6-1)38(28-17-7-2-8-18-28)31-25-33-32-23-13-14-24-34(32)37-36(33)35(26-31)39(29-19-9-3-10-20-29)30-21-11-4-12-22-30/h1-26,37H. The van der Waals surface area contributed by atoms with E-state index >= 15 is 0 Å². The largest absolute Gasteiger partial charge is 0.353 e. The molecule has 1 heterocycles. The van der Waals surface area contributed by atoms with Crippen molar-refractivity contribution in [3.05, 3.63) is 158 Å². The average molecular weight is 502 g/mol. The third-order valence-corrected chi connectivity index (χ3v) is 7.14. The van der Waals surface area contributed by atoms with Gasteiger partial charge in [0.05, 0.1) is 11.2 Å². The van der Waals surface area contributed by atoms with E-state index in [9.17, 15) is 0 Å². The van der Waals surface area contributed by atoms with Crippen molar-refractivity contribution < 1.29 is 0 Å². The summed E-state index contributed by atoms with van der Waals surface area (Å²) < 4.78 is 0. The maximum Gasteiger partial charge on any atom is 0.0724 e. The van der Waals surface area contributed by atoms with Crippen LogP contribution in [0.4, 0.5) is 34.1 Å². The van der Waals surface area contributed by atoms with E-state index in [2.05, 4.69) is 173 Å². The molecule has 1 N–H and O–H groups in total. The minimum absolute atomic E-state index is 1.09. The molecule has 39 heavy (non-hydrogen) atoms. The van der Waals surface area contributed by atoms with Crippen LogP contribution in [-0.4, -0.2) is 4.98 Å². The predicted molar refractivity (Wildman–Crippen MR) is 165 cm³/mol. The number of nitrogens with one attached hydrogen (secondary N) is 1. The molecule has 7 rings (SSSR count). The second-order valence-corrected chi connectivity index (χ2v) is 9.57. The number of nitrogens with zero attached hydrogens (tertiary/aromatic N) is 2. The minimum Gasteiger partial charge on any atom is -0.353 e. The molecule has 0 bridgehead atoms. The van der Waals surface area contributed by atoms with E-state index in [0.717, 1.165) is 45.2 Å². The molecule has 186 valence electrons. The van der Waals surface area contributed by atoms with Gasteiger partial charge in [-0.1, -0.05) is 91.0 Å². The zero-order valence-electron chi connectivity index (χ0n) is 21.4. The molecule has 3 heteroatoms. The van der Waals surface area contributed by atoms with Crippen molar-refractivity contribution in [3.8, 4) is 0 Å². The predicted octanol–water partition coefficient (Wildman–Crippen LogP) is 10.3. The van der Waals surface area contributed by atoms with Gasteiger partial charge in [0.2, 0.25) is 0 Å². The Bertz CT molecular complexity index is 1770. The van der Waals surface area contributed by atoms with Crippen LogP contribution in [-0.2, 0) is 0 Å². The van der Waals surface area contributed by atoms with Crippen LogP contribution in [0.2, 0.25) is 0 Å². The van der Waals surface area contributed by atoms with Gasteiger partial charge >= 0.3 is 0 Å². The summed E-state index contributed by atoms with van der Waals surface area (Å²) in [5, 5.41) is 2.39. The summed E-state index contributed by atoms with van der Waals surface area (Å²) in [6.45, 7) is 0. The Morgan fingerprint density at radius 3 is 1.31 bits per heavy atom. The van der Waals surface area contributed by atoms with Crippen LogP contribution in [0.5, 0.6) is 0 Å². The minimum atomic E-state index is 1.09. The van der Waals surface area contributed by atoms with Crippen molar-refractivity contribution in [2.75, 3.05) is 9.80 Å². The number of hydrogen-bond donors (Lipinski definition) is 1. The second kappa shape index (κ2) is 9.88. The van der Waals surface area contributed by atoms with Crippen molar-refractivity contribution in [2.45, 2.75) is 0 Å². The summed E-state index contributed by atoms with van der Waals surface area (Å²) in [5.41, 5.74) is 8.84. The molecule has 1 aromatic heterocycles. The Balaban J connectivity index is 1.57. The molecule has 3 nitrogen and oxygen atoms in total. The van der Waals surface area contributed by atoms with Gasteiger partial charge in [-0.3, -0.25) is 0 Å². The van der Waals surface area contributed by atoms with E-state index in [1.165, 1.54) is 10.8 Å². The maximum atomic E-state index is 3.75. The fourth-order valence-electron chi connectivity index (χ4n) is 5.41. The summed E-state index contributed by atoms with van der Waals surface area (Å²) in [6.07, 6.45) is 0. The van der Waals surface area contributed by atoms with Gasteiger partial charge in [-0.15, -0.1) is 0 Å². The Labute approximate surface area is 228 Å².